The first kappa shape index (κ1) is 7.17. The number of nitrogens with zero attached hydrogens (tertiary/aromatic N) is 1. The Labute approximate surface area is 54.4 Å². The molecule has 1 aliphatic heterocycles. The molecule has 0 fully saturated rings. The number of ether oxygens (including phenoxy) is 2. The van der Waals surface area contributed by atoms with Gasteiger partial charge in [-0.05, 0) is 0 Å². The Kier molecular flexibility index (Phi) is 1.69. The van der Waals surface area contributed by atoms with Crippen LogP contribution in [0.25, 0.3) is 0 Å². The zero-order valence-electron chi connectivity index (χ0n) is 4.81. The first-order chi connectivity index (χ1) is 4.58. The lowest BCUT2D eigenvalue weighted by Crippen LogP contribution is -2.19. The van der Waals surface area contributed by atoms with E-state index in [1.54, 1.807) is 0 Å². The van der Waals surface area contributed by atoms with Crippen LogP contribution < -0.4 is 0 Å². The Morgan fingerprint density at radius 3 is 2.60 bits per heavy atom. The lowest BCUT2D eigenvalue weighted by atomic mass is 10.8. The predicted octanol–water partition coefficient (Wildman–Crippen LogP) is 0.909. The van der Waals surface area contributed by atoms with Gasteiger partial charge in [0.2, 0.25) is 0 Å². The van der Waals surface area contributed by atoms with Crippen molar-refractivity contribution in [2.24, 2.45) is 4.99 Å². The molecule has 0 amide bonds. The average molecular weight is 155 g/mol. The Hall–Kier alpha value is -0.940. The van der Waals surface area contributed by atoms with Gasteiger partial charge in [-0.15, -0.1) is 13.2 Å². The van der Waals surface area contributed by atoms with Crippen molar-refractivity contribution in [1.82, 2.24) is 0 Å². The van der Waals surface area contributed by atoms with Crippen LogP contribution in [0.2, 0.25) is 0 Å². The summed E-state index contributed by atoms with van der Waals surface area (Å²) >= 11 is 0. The van der Waals surface area contributed by atoms with E-state index in [4.69, 9.17) is 0 Å². The second-order valence-corrected chi connectivity index (χ2v) is 1.54. The third-order valence-electron chi connectivity index (χ3n) is 0.761. The summed E-state index contributed by atoms with van der Waals surface area (Å²) in [6.07, 6.45) is -5.38. The first-order valence-electron chi connectivity index (χ1n) is 2.51. The lowest BCUT2D eigenvalue weighted by molar-refractivity contribution is -0.290. The van der Waals surface area contributed by atoms with Crippen LogP contribution in [0.15, 0.2) is 4.99 Å². The van der Waals surface area contributed by atoms with Crippen molar-refractivity contribution >= 4 is 6.08 Å². The van der Waals surface area contributed by atoms with Gasteiger partial charge in [-0.25, -0.2) is 4.99 Å². The fourth-order valence-corrected chi connectivity index (χ4v) is 0.476. The summed E-state index contributed by atoms with van der Waals surface area (Å²) in [5.74, 6) is 0. The highest BCUT2D eigenvalue weighted by Gasteiger charge is 2.34. The topological polar surface area (TPSA) is 30.8 Å². The molecule has 1 rings (SSSR count). The van der Waals surface area contributed by atoms with Gasteiger partial charge in [0.25, 0.3) is 0 Å². The van der Waals surface area contributed by atoms with Crippen LogP contribution in [-0.2, 0) is 9.47 Å². The van der Waals surface area contributed by atoms with Crippen LogP contribution >= 0.6 is 0 Å². The van der Waals surface area contributed by atoms with Crippen LogP contribution in [0, 0.1) is 0 Å². The van der Waals surface area contributed by atoms with Gasteiger partial charge in [0.15, 0.2) is 0 Å². The molecule has 0 N–H and O–H groups in total. The Bertz CT molecular complexity index is 153. The maximum absolute atomic E-state index is 11.3. The molecule has 6 heteroatoms. The molecule has 0 atom stereocenters. The van der Waals surface area contributed by atoms with Crippen molar-refractivity contribution in [2.45, 2.75) is 6.36 Å². The van der Waals surface area contributed by atoms with Gasteiger partial charge in [-0.1, -0.05) is 0 Å². The maximum Gasteiger partial charge on any atom is 0.576 e. The summed E-state index contributed by atoms with van der Waals surface area (Å²) in [7, 11) is 0. The summed E-state index contributed by atoms with van der Waals surface area (Å²) in [4.78, 5) is 3.27. The molecule has 1 heterocycles. The van der Waals surface area contributed by atoms with E-state index in [2.05, 4.69) is 14.5 Å². The summed E-state index contributed by atoms with van der Waals surface area (Å²) in [5.41, 5.74) is 0. The zero-order valence-corrected chi connectivity index (χ0v) is 4.81. The first-order valence-corrected chi connectivity index (χ1v) is 2.51. The van der Waals surface area contributed by atoms with Crippen LogP contribution in [-0.4, -0.2) is 25.6 Å². The fraction of sp³-hybridized carbons (Fsp3) is 0.750. The van der Waals surface area contributed by atoms with Gasteiger partial charge in [0, 0.05) is 0 Å². The second-order valence-electron chi connectivity index (χ2n) is 1.54. The maximum atomic E-state index is 11.3. The van der Waals surface area contributed by atoms with Crippen molar-refractivity contribution in [2.75, 3.05) is 13.2 Å². The fourth-order valence-electron chi connectivity index (χ4n) is 0.476. The average Bonchev–Trinajstić information content (AvgIpc) is 2.12. The smallest absolute Gasteiger partial charge is 0.449 e. The van der Waals surface area contributed by atoms with E-state index in [0.717, 1.165) is 0 Å². The quantitative estimate of drug-likeness (QED) is 0.520. The van der Waals surface area contributed by atoms with Crippen LogP contribution in [0.4, 0.5) is 13.2 Å². The normalized spacial score (nSPS) is 18.1. The molecule has 0 spiro atoms. The molecular weight excluding hydrogens is 151 g/mol. The molecule has 0 aliphatic carbocycles. The van der Waals surface area contributed by atoms with E-state index in [9.17, 15) is 13.2 Å². The van der Waals surface area contributed by atoms with E-state index < -0.39 is 12.4 Å². The van der Waals surface area contributed by atoms with Gasteiger partial charge in [0.05, 0.1) is 6.54 Å². The number of aliphatic imine (C=N–C) groups is 1. The van der Waals surface area contributed by atoms with Crippen LogP contribution in [0.5, 0.6) is 0 Å². The monoisotopic (exact) mass is 155 g/mol. The van der Waals surface area contributed by atoms with E-state index in [0.29, 0.717) is 0 Å². The molecule has 10 heavy (non-hydrogen) atoms. The number of alkyl halides is 3. The molecule has 0 aromatic rings. The van der Waals surface area contributed by atoms with Gasteiger partial charge in [-0.3, -0.25) is 0 Å². The van der Waals surface area contributed by atoms with E-state index in [1.165, 1.54) is 0 Å². The number of halogens is 3. The van der Waals surface area contributed by atoms with Gasteiger partial charge >= 0.3 is 12.4 Å². The standard InChI is InChI=1S/C4H4F3NO2/c5-4(6,7)10-3-8-1-2-9-3/h1-2H2. The minimum Gasteiger partial charge on any atom is -0.449 e. The molecule has 0 bridgehead atoms. The lowest BCUT2D eigenvalue weighted by Gasteiger charge is -2.05. The van der Waals surface area contributed by atoms with Gasteiger partial charge in [-0.2, -0.15) is 0 Å². The third kappa shape index (κ3) is 2.12. The number of hydrogen-bond acceptors (Lipinski definition) is 3. The Morgan fingerprint density at radius 1 is 1.50 bits per heavy atom. The molecular formula is C4H4F3NO2. The molecule has 0 aromatic heterocycles. The zero-order chi connectivity index (χ0) is 7.61. The van der Waals surface area contributed by atoms with Crippen molar-refractivity contribution in [1.29, 1.82) is 0 Å². The van der Waals surface area contributed by atoms with Crippen LogP contribution in [0.3, 0.4) is 0 Å². The van der Waals surface area contributed by atoms with Crippen molar-refractivity contribution in [3.8, 4) is 0 Å². The molecule has 0 aromatic carbocycles. The van der Waals surface area contributed by atoms with Gasteiger partial charge < -0.3 is 9.47 Å². The van der Waals surface area contributed by atoms with Crippen molar-refractivity contribution < 1.29 is 22.6 Å². The molecule has 58 valence electrons. The van der Waals surface area contributed by atoms with Gasteiger partial charge in [0.1, 0.15) is 6.61 Å². The number of rotatable bonds is 0. The summed E-state index contributed by atoms with van der Waals surface area (Å²) < 4.78 is 41.6. The Balaban J connectivity index is 2.38. The molecule has 0 saturated carbocycles. The number of hydrogen-bond donors (Lipinski definition) is 0. The molecule has 0 radical (unpaired) electrons. The Morgan fingerprint density at radius 2 is 2.20 bits per heavy atom. The molecule has 3 nitrogen and oxygen atoms in total. The second kappa shape index (κ2) is 2.36. The third-order valence-corrected chi connectivity index (χ3v) is 0.761. The minimum atomic E-state index is -4.69. The van der Waals surface area contributed by atoms with E-state index >= 15 is 0 Å². The summed E-state index contributed by atoms with van der Waals surface area (Å²) in [5, 5.41) is 0. The van der Waals surface area contributed by atoms with E-state index in [-0.39, 0.29) is 13.2 Å². The molecule has 0 unspecified atom stereocenters. The molecule has 1 aliphatic rings. The highest BCUT2D eigenvalue weighted by molar-refractivity contribution is 5.68. The highest BCUT2D eigenvalue weighted by atomic mass is 19.4. The summed E-state index contributed by atoms with van der Waals surface area (Å²) in [6.45, 7) is 0.386. The largest absolute Gasteiger partial charge is 0.576 e. The van der Waals surface area contributed by atoms with Crippen molar-refractivity contribution in [3.05, 3.63) is 0 Å². The van der Waals surface area contributed by atoms with Crippen molar-refractivity contribution in [3.63, 3.8) is 0 Å². The predicted molar refractivity (Wildman–Crippen MR) is 25.4 cm³/mol. The SMILES string of the molecule is FC(F)(F)OC1=NCCO1. The minimum absolute atomic E-state index is 0.158. The van der Waals surface area contributed by atoms with Crippen LogP contribution in [0.1, 0.15) is 0 Å². The summed E-state index contributed by atoms with van der Waals surface area (Å²) in [6, 6.07) is 0. The molecule has 0 saturated heterocycles. The highest BCUT2D eigenvalue weighted by Crippen LogP contribution is 2.17. The van der Waals surface area contributed by atoms with E-state index in [1.807, 2.05) is 0 Å².